The molecule has 0 radical (unpaired) electrons. The fourth-order valence-electron chi connectivity index (χ4n) is 4.87. The Morgan fingerprint density at radius 1 is 0.900 bits per heavy atom. The lowest BCUT2D eigenvalue weighted by atomic mass is 9.93. The molecule has 0 unspecified atom stereocenters. The molecule has 0 bridgehead atoms. The Morgan fingerprint density at radius 2 is 1.57 bits per heavy atom. The van der Waals surface area contributed by atoms with E-state index in [0.717, 1.165) is 30.7 Å². The van der Waals surface area contributed by atoms with Crippen LogP contribution in [0.4, 0.5) is 4.39 Å². The number of halogens is 1. The zero-order valence-electron chi connectivity index (χ0n) is 17.7. The van der Waals surface area contributed by atoms with Crippen LogP contribution < -0.4 is 5.32 Å². The molecule has 0 aliphatic heterocycles. The van der Waals surface area contributed by atoms with Crippen molar-refractivity contribution < 1.29 is 13.6 Å². The number of hydrogen-bond acceptors (Lipinski definition) is 3. The Balaban J connectivity index is 1.41. The minimum atomic E-state index is -0.206. The SMILES string of the molecule is O=C(NC1CCCCC1)c1ccc(CN(Cc2ccc(F)cc2)C2CCCCC2)o1. The van der Waals surface area contributed by atoms with Gasteiger partial charge in [-0.3, -0.25) is 9.69 Å². The van der Waals surface area contributed by atoms with Gasteiger partial charge >= 0.3 is 0 Å². The number of furan rings is 1. The van der Waals surface area contributed by atoms with Gasteiger partial charge in [0.25, 0.3) is 5.91 Å². The van der Waals surface area contributed by atoms with Crippen LogP contribution in [0.2, 0.25) is 0 Å². The lowest BCUT2D eigenvalue weighted by molar-refractivity contribution is 0.0890. The minimum Gasteiger partial charge on any atom is -0.455 e. The number of carbonyl (C=O) groups excluding carboxylic acids is 1. The van der Waals surface area contributed by atoms with Crippen molar-refractivity contribution in [3.8, 4) is 0 Å². The summed E-state index contributed by atoms with van der Waals surface area (Å²) in [5.41, 5.74) is 1.10. The average molecular weight is 413 g/mol. The van der Waals surface area contributed by atoms with Gasteiger partial charge in [-0.1, -0.05) is 50.7 Å². The van der Waals surface area contributed by atoms with Crippen LogP contribution in [0, 0.1) is 5.82 Å². The molecule has 4 rings (SSSR count). The third-order valence-corrected chi connectivity index (χ3v) is 6.57. The van der Waals surface area contributed by atoms with Crippen molar-refractivity contribution in [2.24, 2.45) is 0 Å². The molecule has 5 heteroatoms. The van der Waals surface area contributed by atoms with Gasteiger partial charge in [0.05, 0.1) is 6.54 Å². The van der Waals surface area contributed by atoms with E-state index in [1.165, 1.54) is 63.5 Å². The molecule has 2 fully saturated rings. The first-order valence-corrected chi connectivity index (χ1v) is 11.6. The fourth-order valence-corrected chi connectivity index (χ4v) is 4.87. The fraction of sp³-hybridized carbons (Fsp3) is 0.560. The van der Waals surface area contributed by atoms with Crippen LogP contribution in [0.25, 0.3) is 0 Å². The monoisotopic (exact) mass is 412 g/mol. The standard InChI is InChI=1S/C25H33FN2O2/c26-20-13-11-19(12-14-20)17-28(22-9-5-2-6-10-22)18-23-15-16-24(30-23)25(29)27-21-7-3-1-4-8-21/h11-16,21-22H,1-10,17-18H2,(H,27,29). The molecule has 4 nitrogen and oxygen atoms in total. The minimum absolute atomic E-state index is 0.101. The van der Waals surface area contributed by atoms with Crippen LogP contribution >= 0.6 is 0 Å². The summed E-state index contributed by atoms with van der Waals surface area (Å²) in [6, 6.07) is 11.3. The number of hydrogen-bond donors (Lipinski definition) is 1. The summed E-state index contributed by atoms with van der Waals surface area (Å²) in [4.78, 5) is 15.0. The quantitative estimate of drug-likeness (QED) is 0.624. The van der Waals surface area contributed by atoms with E-state index in [4.69, 9.17) is 4.42 Å². The van der Waals surface area contributed by atoms with Gasteiger partial charge in [-0.05, 0) is 55.5 Å². The topological polar surface area (TPSA) is 45.5 Å². The maximum Gasteiger partial charge on any atom is 0.287 e. The Hall–Kier alpha value is -2.14. The first-order valence-electron chi connectivity index (χ1n) is 11.6. The van der Waals surface area contributed by atoms with Gasteiger partial charge in [-0.25, -0.2) is 4.39 Å². The Bertz CT molecular complexity index is 805. The van der Waals surface area contributed by atoms with E-state index in [0.29, 0.717) is 18.3 Å². The lowest BCUT2D eigenvalue weighted by Gasteiger charge is -2.34. The van der Waals surface area contributed by atoms with Crippen molar-refractivity contribution in [1.82, 2.24) is 10.2 Å². The van der Waals surface area contributed by atoms with Gasteiger partial charge in [0, 0.05) is 18.6 Å². The lowest BCUT2D eigenvalue weighted by Crippen LogP contribution is -2.36. The Morgan fingerprint density at radius 3 is 2.27 bits per heavy atom. The smallest absolute Gasteiger partial charge is 0.287 e. The number of rotatable bonds is 7. The molecule has 1 N–H and O–H groups in total. The van der Waals surface area contributed by atoms with Crippen LogP contribution in [-0.2, 0) is 13.1 Å². The molecule has 0 saturated heterocycles. The van der Waals surface area contributed by atoms with Crippen LogP contribution in [0.15, 0.2) is 40.8 Å². The van der Waals surface area contributed by atoms with E-state index in [1.807, 2.05) is 18.2 Å². The van der Waals surface area contributed by atoms with Gasteiger partial charge in [0.2, 0.25) is 0 Å². The van der Waals surface area contributed by atoms with Crippen LogP contribution in [0.1, 0.15) is 86.1 Å². The second-order valence-corrected chi connectivity index (χ2v) is 8.90. The molecule has 0 spiro atoms. The predicted molar refractivity (Wildman–Crippen MR) is 116 cm³/mol. The Labute approximate surface area is 178 Å². The maximum atomic E-state index is 13.3. The molecule has 1 aromatic carbocycles. The number of carbonyl (C=O) groups is 1. The summed E-state index contributed by atoms with van der Waals surface area (Å²) in [6.45, 7) is 1.42. The van der Waals surface area contributed by atoms with Crippen LogP contribution in [-0.4, -0.2) is 22.9 Å². The average Bonchev–Trinajstić information content (AvgIpc) is 3.25. The molecule has 2 saturated carbocycles. The summed E-state index contributed by atoms with van der Waals surface area (Å²) in [5.74, 6) is 0.913. The summed E-state index contributed by atoms with van der Waals surface area (Å²) in [5, 5.41) is 3.13. The first-order chi connectivity index (χ1) is 14.7. The van der Waals surface area contributed by atoms with E-state index < -0.39 is 0 Å². The maximum absolute atomic E-state index is 13.3. The van der Waals surface area contributed by atoms with E-state index in [9.17, 15) is 9.18 Å². The zero-order chi connectivity index (χ0) is 20.8. The van der Waals surface area contributed by atoms with E-state index in [-0.39, 0.29) is 17.8 Å². The molecule has 30 heavy (non-hydrogen) atoms. The number of nitrogens with zero attached hydrogens (tertiary/aromatic N) is 1. The van der Waals surface area contributed by atoms with E-state index in [2.05, 4.69) is 10.2 Å². The van der Waals surface area contributed by atoms with Crippen molar-refractivity contribution in [1.29, 1.82) is 0 Å². The van der Waals surface area contributed by atoms with Crippen LogP contribution in [0.5, 0.6) is 0 Å². The normalized spacial score (nSPS) is 18.6. The molecule has 1 amide bonds. The molecule has 1 aromatic heterocycles. The summed E-state index contributed by atoms with van der Waals surface area (Å²) in [6.07, 6.45) is 11.9. The summed E-state index contributed by atoms with van der Waals surface area (Å²) in [7, 11) is 0. The van der Waals surface area contributed by atoms with E-state index in [1.54, 1.807) is 6.07 Å². The highest BCUT2D eigenvalue weighted by atomic mass is 19.1. The van der Waals surface area contributed by atoms with Crippen LogP contribution in [0.3, 0.4) is 0 Å². The van der Waals surface area contributed by atoms with Crippen molar-refractivity contribution in [2.45, 2.75) is 89.4 Å². The van der Waals surface area contributed by atoms with Crippen molar-refractivity contribution in [3.05, 3.63) is 59.3 Å². The molecule has 2 aliphatic carbocycles. The second-order valence-electron chi connectivity index (χ2n) is 8.90. The van der Waals surface area contributed by atoms with Gasteiger partial charge in [0.1, 0.15) is 11.6 Å². The first kappa shape index (κ1) is 21.1. The third kappa shape index (κ3) is 5.72. The van der Waals surface area contributed by atoms with Gasteiger partial charge < -0.3 is 9.73 Å². The molecule has 1 heterocycles. The van der Waals surface area contributed by atoms with Crippen molar-refractivity contribution >= 4 is 5.91 Å². The summed E-state index contributed by atoms with van der Waals surface area (Å²) >= 11 is 0. The van der Waals surface area contributed by atoms with E-state index >= 15 is 0 Å². The number of benzene rings is 1. The summed E-state index contributed by atoms with van der Waals surface area (Å²) < 4.78 is 19.3. The third-order valence-electron chi connectivity index (χ3n) is 6.57. The van der Waals surface area contributed by atoms with Gasteiger partial charge in [-0.15, -0.1) is 0 Å². The highest BCUT2D eigenvalue weighted by Crippen LogP contribution is 2.26. The molecular formula is C25H33FN2O2. The second kappa shape index (κ2) is 10.3. The zero-order valence-corrected chi connectivity index (χ0v) is 17.7. The molecule has 0 atom stereocenters. The molecule has 2 aliphatic rings. The van der Waals surface area contributed by atoms with Crippen molar-refractivity contribution in [3.63, 3.8) is 0 Å². The highest BCUT2D eigenvalue weighted by Gasteiger charge is 2.24. The molecule has 162 valence electrons. The van der Waals surface area contributed by atoms with Gasteiger partial charge in [0.15, 0.2) is 5.76 Å². The molecular weight excluding hydrogens is 379 g/mol. The molecule has 2 aromatic rings. The largest absolute Gasteiger partial charge is 0.455 e. The number of amides is 1. The van der Waals surface area contributed by atoms with Gasteiger partial charge in [-0.2, -0.15) is 0 Å². The highest BCUT2D eigenvalue weighted by molar-refractivity contribution is 5.91. The number of nitrogens with one attached hydrogen (secondary N) is 1. The Kier molecular flexibility index (Phi) is 7.21. The van der Waals surface area contributed by atoms with Crippen molar-refractivity contribution in [2.75, 3.05) is 0 Å². The predicted octanol–water partition coefficient (Wildman–Crippen LogP) is 5.82.